The van der Waals surface area contributed by atoms with E-state index in [4.69, 9.17) is 9.47 Å². The van der Waals surface area contributed by atoms with Crippen molar-refractivity contribution in [2.75, 3.05) is 19.8 Å². The number of amides is 2. The predicted molar refractivity (Wildman–Crippen MR) is 149 cm³/mol. The van der Waals surface area contributed by atoms with Gasteiger partial charge in [0.1, 0.15) is 17.5 Å². The standard InChI is InChI=1S/C31H42N2O6/c1-2-38-30(36)8-5-21-39-27-16-11-25(12-17-27)22-28(33-29(35)18-13-23-6-3-4-7-23)31(37)32-20-19-24-9-14-26(34)15-10-24/h9-12,14-17,23,28,34H,2-8,13,18-22H2,1H3,(H,32,37)(H,33,35)/t28-/m0/s1. The van der Waals surface area contributed by atoms with Crippen LogP contribution in [0.2, 0.25) is 0 Å². The fourth-order valence-corrected chi connectivity index (χ4v) is 4.82. The van der Waals surface area contributed by atoms with Crippen LogP contribution in [0.1, 0.15) is 69.4 Å². The average molecular weight is 539 g/mol. The molecule has 39 heavy (non-hydrogen) atoms. The van der Waals surface area contributed by atoms with E-state index in [2.05, 4.69) is 10.6 Å². The van der Waals surface area contributed by atoms with Crippen LogP contribution < -0.4 is 15.4 Å². The second-order valence-corrected chi connectivity index (χ2v) is 10.1. The summed E-state index contributed by atoms with van der Waals surface area (Å²) in [6.07, 6.45) is 8.02. The van der Waals surface area contributed by atoms with Gasteiger partial charge in [0.25, 0.3) is 0 Å². The van der Waals surface area contributed by atoms with E-state index in [-0.39, 0.29) is 23.5 Å². The molecule has 8 heteroatoms. The summed E-state index contributed by atoms with van der Waals surface area (Å²) in [5, 5.41) is 15.4. The SMILES string of the molecule is CCOC(=O)CCCOc1ccc(C[C@H](NC(=O)CCC2CCCC2)C(=O)NCCc2ccc(O)cc2)cc1. The van der Waals surface area contributed by atoms with Crippen LogP contribution in [0.15, 0.2) is 48.5 Å². The molecule has 2 aromatic rings. The van der Waals surface area contributed by atoms with E-state index in [0.717, 1.165) is 17.5 Å². The molecule has 0 bridgehead atoms. The van der Waals surface area contributed by atoms with Gasteiger partial charge in [0, 0.05) is 25.8 Å². The van der Waals surface area contributed by atoms with Gasteiger partial charge in [0.05, 0.1) is 13.2 Å². The lowest BCUT2D eigenvalue weighted by atomic mass is 10.0. The van der Waals surface area contributed by atoms with Gasteiger partial charge >= 0.3 is 5.97 Å². The topological polar surface area (TPSA) is 114 Å². The molecular weight excluding hydrogens is 496 g/mol. The molecule has 1 fully saturated rings. The van der Waals surface area contributed by atoms with Crippen molar-refractivity contribution in [1.82, 2.24) is 10.6 Å². The zero-order chi connectivity index (χ0) is 27.9. The Morgan fingerprint density at radius 2 is 1.67 bits per heavy atom. The molecule has 8 nitrogen and oxygen atoms in total. The Labute approximate surface area is 231 Å². The zero-order valence-electron chi connectivity index (χ0n) is 23.0. The molecule has 3 rings (SSSR count). The van der Waals surface area contributed by atoms with E-state index < -0.39 is 6.04 Å². The van der Waals surface area contributed by atoms with Gasteiger partial charge in [0.15, 0.2) is 0 Å². The summed E-state index contributed by atoms with van der Waals surface area (Å²) in [6.45, 7) is 2.99. The highest BCUT2D eigenvalue weighted by Crippen LogP contribution is 2.28. The quantitative estimate of drug-likeness (QED) is 0.215. The second-order valence-electron chi connectivity index (χ2n) is 10.1. The number of benzene rings is 2. The fourth-order valence-electron chi connectivity index (χ4n) is 4.82. The molecule has 0 radical (unpaired) electrons. The Morgan fingerprint density at radius 3 is 2.36 bits per heavy atom. The van der Waals surface area contributed by atoms with Crippen molar-refractivity contribution in [2.45, 2.75) is 77.2 Å². The maximum Gasteiger partial charge on any atom is 0.305 e. The third kappa shape index (κ3) is 11.4. The normalized spacial score (nSPS) is 14.0. The minimum Gasteiger partial charge on any atom is -0.508 e. The molecule has 0 heterocycles. The van der Waals surface area contributed by atoms with E-state index in [9.17, 15) is 19.5 Å². The number of hydrogen-bond acceptors (Lipinski definition) is 6. The van der Waals surface area contributed by atoms with Crippen molar-refractivity contribution in [3.63, 3.8) is 0 Å². The summed E-state index contributed by atoms with van der Waals surface area (Å²) in [5.41, 5.74) is 1.91. The highest BCUT2D eigenvalue weighted by Gasteiger charge is 2.22. The molecule has 1 atom stereocenters. The lowest BCUT2D eigenvalue weighted by molar-refractivity contribution is -0.143. The Kier molecular flexibility index (Phi) is 12.6. The van der Waals surface area contributed by atoms with Crippen molar-refractivity contribution in [3.05, 3.63) is 59.7 Å². The number of hydrogen-bond donors (Lipinski definition) is 3. The lowest BCUT2D eigenvalue weighted by Gasteiger charge is -2.19. The summed E-state index contributed by atoms with van der Waals surface area (Å²) in [5.74, 6) is 0.950. The lowest BCUT2D eigenvalue weighted by Crippen LogP contribution is -2.48. The Balaban J connectivity index is 1.52. The Bertz CT molecular complexity index is 1030. The van der Waals surface area contributed by atoms with Crippen LogP contribution in [0.5, 0.6) is 11.5 Å². The third-order valence-corrected chi connectivity index (χ3v) is 7.02. The van der Waals surface area contributed by atoms with E-state index in [1.165, 1.54) is 25.7 Å². The average Bonchev–Trinajstić information content (AvgIpc) is 3.45. The highest BCUT2D eigenvalue weighted by atomic mass is 16.5. The molecule has 212 valence electrons. The molecule has 0 aliphatic heterocycles. The first-order valence-electron chi connectivity index (χ1n) is 14.1. The highest BCUT2D eigenvalue weighted by molar-refractivity contribution is 5.87. The predicted octanol–water partition coefficient (Wildman–Crippen LogP) is 4.47. The van der Waals surface area contributed by atoms with Crippen molar-refractivity contribution < 1.29 is 29.0 Å². The number of carbonyl (C=O) groups is 3. The van der Waals surface area contributed by atoms with Crippen LogP contribution in [0.4, 0.5) is 0 Å². The molecule has 1 saturated carbocycles. The van der Waals surface area contributed by atoms with Gasteiger partial charge in [-0.15, -0.1) is 0 Å². The number of phenols is 1. The van der Waals surface area contributed by atoms with E-state index >= 15 is 0 Å². The van der Waals surface area contributed by atoms with Gasteiger partial charge in [-0.3, -0.25) is 14.4 Å². The van der Waals surface area contributed by atoms with Crippen LogP contribution in [0.25, 0.3) is 0 Å². The maximum atomic E-state index is 13.1. The van der Waals surface area contributed by atoms with Gasteiger partial charge < -0.3 is 25.2 Å². The van der Waals surface area contributed by atoms with Gasteiger partial charge in [-0.25, -0.2) is 0 Å². The molecule has 3 N–H and O–H groups in total. The summed E-state index contributed by atoms with van der Waals surface area (Å²) >= 11 is 0. The first-order chi connectivity index (χ1) is 18.9. The van der Waals surface area contributed by atoms with E-state index in [1.54, 1.807) is 19.1 Å². The molecule has 0 aromatic heterocycles. The zero-order valence-corrected chi connectivity index (χ0v) is 23.0. The number of esters is 1. The number of ether oxygens (including phenoxy) is 2. The van der Waals surface area contributed by atoms with Crippen molar-refractivity contribution in [3.8, 4) is 11.5 Å². The molecule has 1 aliphatic carbocycles. The van der Waals surface area contributed by atoms with Gasteiger partial charge in [-0.1, -0.05) is 49.9 Å². The largest absolute Gasteiger partial charge is 0.508 e. The number of rotatable bonds is 16. The molecular formula is C31H42N2O6. The van der Waals surface area contributed by atoms with Crippen LogP contribution in [0, 0.1) is 5.92 Å². The minimum absolute atomic E-state index is 0.0952. The van der Waals surface area contributed by atoms with Gasteiger partial charge in [-0.05, 0) is 67.5 Å². The number of phenolic OH excluding ortho intramolecular Hbond substituents is 1. The van der Waals surface area contributed by atoms with E-state index in [0.29, 0.717) is 63.5 Å². The number of carbonyl (C=O) groups excluding carboxylic acids is 3. The van der Waals surface area contributed by atoms with Gasteiger partial charge in [-0.2, -0.15) is 0 Å². The first kappa shape index (κ1) is 30.0. The number of aromatic hydroxyl groups is 1. The smallest absolute Gasteiger partial charge is 0.305 e. The van der Waals surface area contributed by atoms with Crippen molar-refractivity contribution in [2.24, 2.45) is 5.92 Å². The van der Waals surface area contributed by atoms with Gasteiger partial charge in [0.2, 0.25) is 11.8 Å². The maximum absolute atomic E-state index is 13.1. The molecule has 1 aliphatic rings. The van der Waals surface area contributed by atoms with Crippen LogP contribution in [-0.4, -0.2) is 48.7 Å². The molecule has 2 aromatic carbocycles. The second kappa shape index (κ2) is 16.4. The van der Waals surface area contributed by atoms with Crippen LogP contribution in [-0.2, 0) is 32.0 Å². The summed E-state index contributed by atoms with van der Waals surface area (Å²) in [7, 11) is 0. The minimum atomic E-state index is -0.683. The Hall–Kier alpha value is -3.55. The molecule has 2 amide bonds. The molecule has 0 spiro atoms. The van der Waals surface area contributed by atoms with Crippen molar-refractivity contribution in [1.29, 1.82) is 0 Å². The number of nitrogens with one attached hydrogen (secondary N) is 2. The Morgan fingerprint density at radius 1 is 0.974 bits per heavy atom. The monoisotopic (exact) mass is 538 g/mol. The van der Waals surface area contributed by atoms with E-state index in [1.807, 2.05) is 36.4 Å². The summed E-state index contributed by atoms with van der Waals surface area (Å²) in [4.78, 5) is 37.3. The first-order valence-corrected chi connectivity index (χ1v) is 14.1. The summed E-state index contributed by atoms with van der Waals surface area (Å²) in [6, 6.07) is 13.7. The van der Waals surface area contributed by atoms with Crippen molar-refractivity contribution >= 4 is 17.8 Å². The summed E-state index contributed by atoms with van der Waals surface area (Å²) < 4.78 is 10.6. The third-order valence-electron chi connectivity index (χ3n) is 7.02. The molecule has 0 unspecified atom stereocenters. The fraction of sp³-hybridized carbons (Fsp3) is 0.516. The molecule has 0 saturated heterocycles. The van der Waals surface area contributed by atoms with Crippen LogP contribution >= 0.6 is 0 Å². The van der Waals surface area contributed by atoms with Crippen LogP contribution in [0.3, 0.4) is 0 Å².